The number of nitrogen functional groups attached to an aromatic ring is 1. The first-order chi connectivity index (χ1) is 10.5. The van der Waals surface area contributed by atoms with Gasteiger partial charge in [0.15, 0.2) is 0 Å². The smallest absolute Gasteiger partial charge is 0.258 e. The Balaban J connectivity index is 1.88. The number of carbonyl (C=O) groups excluding carboxylic acids is 1. The molecular formula is C16H22ClN3O2. The number of carbonyl (C=O) groups is 1. The fourth-order valence-electron chi connectivity index (χ4n) is 3.53. The lowest BCUT2D eigenvalue weighted by molar-refractivity contribution is 0.0393. The summed E-state index contributed by atoms with van der Waals surface area (Å²) in [5, 5.41) is 0.385. The lowest BCUT2D eigenvalue weighted by Crippen LogP contribution is -2.56. The fraction of sp³-hybridized carbons (Fsp3) is 0.562. The van der Waals surface area contributed by atoms with Gasteiger partial charge in [0, 0.05) is 31.2 Å². The number of piperazine rings is 1. The Kier molecular flexibility index (Phi) is 4.19. The van der Waals surface area contributed by atoms with E-state index in [0.717, 1.165) is 26.1 Å². The molecule has 0 saturated carbocycles. The largest absolute Gasteiger partial charge is 0.496 e. The maximum absolute atomic E-state index is 13.0. The molecule has 2 fully saturated rings. The number of amides is 1. The second-order valence-corrected chi connectivity index (χ2v) is 6.58. The SMILES string of the molecule is COc1cc(N)c(Cl)cc1C(=O)N1CC2CCCN2CC1C. The van der Waals surface area contributed by atoms with Gasteiger partial charge in [-0.1, -0.05) is 11.6 Å². The van der Waals surface area contributed by atoms with Crippen LogP contribution in [0.15, 0.2) is 12.1 Å². The van der Waals surface area contributed by atoms with Crippen LogP contribution in [-0.4, -0.2) is 54.5 Å². The summed E-state index contributed by atoms with van der Waals surface area (Å²) in [6.45, 7) is 4.94. The summed E-state index contributed by atoms with van der Waals surface area (Å²) in [4.78, 5) is 17.4. The Hall–Kier alpha value is -1.46. The normalized spacial score (nSPS) is 25.1. The van der Waals surface area contributed by atoms with Crippen molar-refractivity contribution in [2.24, 2.45) is 0 Å². The lowest BCUT2D eigenvalue weighted by Gasteiger charge is -2.42. The molecule has 6 heteroatoms. The number of hydrogen-bond donors (Lipinski definition) is 1. The third-order valence-electron chi connectivity index (χ3n) is 4.75. The number of nitrogens with two attached hydrogens (primary N) is 1. The summed E-state index contributed by atoms with van der Waals surface area (Å²) < 4.78 is 5.32. The van der Waals surface area contributed by atoms with Crippen LogP contribution in [-0.2, 0) is 0 Å². The van der Waals surface area contributed by atoms with Crippen LogP contribution in [0.5, 0.6) is 5.75 Å². The van der Waals surface area contributed by atoms with E-state index in [2.05, 4.69) is 11.8 Å². The van der Waals surface area contributed by atoms with E-state index >= 15 is 0 Å². The molecule has 2 unspecified atom stereocenters. The molecule has 3 rings (SSSR count). The molecule has 1 amide bonds. The molecule has 0 bridgehead atoms. The summed E-state index contributed by atoms with van der Waals surface area (Å²) in [6.07, 6.45) is 2.38. The molecule has 0 radical (unpaired) electrons. The van der Waals surface area contributed by atoms with Gasteiger partial charge in [0.1, 0.15) is 5.75 Å². The Labute approximate surface area is 136 Å². The van der Waals surface area contributed by atoms with Gasteiger partial charge < -0.3 is 15.4 Å². The molecule has 2 aliphatic heterocycles. The van der Waals surface area contributed by atoms with Crippen LogP contribution < -0.4 is 10.5 Å². The number of methoxy groups -OCH3 is 1. The second kappa shape index (κ2) is 5.97. The van der Waals surface area contributed by atoms with E-state index in [-0.39, 0.29) is 11.9 Å². The predicted octanol–water partition coefficient (Wildman–Crippen LogP) is 2.24. The van der Waals surface area contributed by atoms with Crippen molar-refractivity contribution in [1.29, 1.82) is 0 Å². The minimum atomic E-state index is -0.0298. The third kappa shape index (κ3) is 2.63. The molecule has 120 valence electrons. The van der Waals surface area contributed by atoms with Crippen molar-refractivity contribution in [2.75, 3.05) is 32.5 Å². The Morgan fingerprint density at radius 1 is 1.41 bits per heavy atom. The Morgan fingerprint density at radius 2 is 2.18 bits per heavy atom. The van der Waals surface area contributed by atoms with E-state index in [0.29, 0.717) is 28.1 Å². The average Bonchev–Trinajstić information content (AvgIpc) is 2.95. The van der Waals surface area contributed by atoms with Crippen LogP contribution in [0.2, 0.25) is 5.02 Å². The van der Waals surface area contributed by atoms with Crippen LogP contribution in [0.3, 0.4) is 0 Å². The van der Waals surface area contributed by atoms with Crippen molar-refractivity contribution in [3.63, 3.8) is 0 Å². The summed E-state index contributed by atoms with van der Waals surface area (Å²) in [5.41, 5.74) is 6.70. The van der Waals surface area contributed by atoms with Crippen LogP contribution in [0, 0.1) is 0 Å². The second-order valence-electron chi connectivity index (χ2n) is 6.17. The lowest BCUT2D eigenvalue weighted by atomic mass is 10.1. The standard InChI is InChI=1S/C16H22ClN3O2/c1-10-8-19-5-3-4-11(19)9-20(10)16(21)12-6-13(17)14(18)7-15(12)22-2/h6-7,10-11H,3-5,8-9,18H2,1-2H3. The molecule has 2 atom stereocenters. The molecule has 5 nitrogen and oxygen atoms in total. The topological polar surface area (TPSA) is 58.8 Å². The first kappa shape index (κ1) is 15.4. The van der Waals surface area contributed by atoms with Crippen molar-refractivity contribution in [1.82, 2.24) is 9.80 Å². The number of ether oxygens (including phenoxy) is 1. The highest BCUT2D eigenvalue weighted by Crippen LogP contribution is 2.32. The predicted molar refractivity (Wildman–Crippen MR) is 87.5 cm³/mol. The number of hydrogen-bond acceptors (Lipinski definition) is 4. The zero-order valence-electron chi connectivity index (χ0n) is 13.0. The number of rotatable bonds is 2. The van der Waals surface area contributed by atoms with Crippen molar-refractivity contribution in [3.05, 3.63) is 22.7 Å². The first-order valence-electron chi connectivity index (χ1n) is 7.69. The summed E-state index contributed by atoms with van der Waals surface area (Å²) in [7, 11) is 1.54. The molecule has 2 saturated heterocycles. The summed E-state index contributed by atoms with van der Waals surface area (Å²) >= 11 is 6.09. The number of anilines is 1. The first-order valence-corrected chi connectivity index (χ1v) is 8.07. The maximum Gasteiger partial charge on any atom is 0.258 e. The van der Waals surface area contributed by atoms with Gasteiger partial charge in [-0.2, -0.15) is 0 Å². The molecule has 0 aromatic heterocycles. The molecule has 2 N–H and O–H groups in total. The van der Waals surface area contributed by atoms with E-state index in [1.165, 1.54) is 13.5 Å². The van der Waals surface area contributed by atoms with Gasteiger partial charge in [0.25, 0.3) is 5.91 Å². The van der Waals surface area contributed by atoms with E-state index in [1.54, 1.807) is 12.1 Å². The van der Waals surface area contributed by atoms with Crippen LogP contribution >= 0.6 is 11.6 Å². The highest BCUT2D eigenvalue weighted by molar-refractivity contribution is 6.33. The van der Waals surface area contributed by atoms with Crippen molar-refractivity contribution in [3.8, 4) is 5.75 Å². The molecular weight excluding hydrogens is 302 g/mol. The molecule has 22 heavy (non-hydrogen) atoms. The Bertz CT molecular complexity index is 593. The van der Waals surface area contributed by atoms with Crippen molar-refractivity contribution in [2.45, 2.75) is 31.8 Å². The summed E-state index contributed by atoms with van der Waals surface area (Å²) in [6, 6.07) is 3.90. The quantitative estimate of drug-likeness (QED) is 0.848. The Morgan fingerprint density at radius 3 is 2.91 bits per heavy atom. The zero-order chi connectivity index (χ0) is 15.9. The summed E-state index contributed by atoms with van der Waals surface area (Å²) in [5.74, 6) is 0.450. The van der Waals surface area contributed by atoms with Gasteiger partial charge in [-0.25, -0.2) is 0 Å². The van der Waals surface area contributed by atoms with Gasteiger partial charge in [0.05, 0.1) is 23.4 Å². The van der Waals surface area contributed by atoms with Crippen molar-refractivity contribution >= 4 is 23.2 Å². The van der Waals surface area contributed by atoms with E-state index in [9.17, 15) is 4.79 Å². The van der Waals surface area contributed by atoms with Crippen molar-refractivity contribution < 1.29 is 9.53 Å². The molecule has 2 heterocycles. The van der Waals surface area contributed by atoms with Gasteiger partial charge in [-0.05, 0) is 32.4 Å². The van der Waals surface area contributed by atoms with Crippen LogP contribution in [0.4, 0.5) is 5.69 Å². The molecule has 0 spiro atoms. The average molecular weight is 324 g/mol. The van der Waals surface area contributed by atoms with E-state index in [1.807, 2.05) is 4.90 Å². The zero-order valence-corrected chi connectivity index (χ0v) is 13.8. The van der Waals surface area contributed by atoms with Gasteiger partial charge in [0.2, 0.25) is 0 Å². The van der Waals surface area contributed by atoms with E-state index in [4.69, 9.17) is 22.1 Å². The van der Waals surface area contributed by atoms with E-state index < -0.39 is 0 Å². The molecule has 2 aliphatic rings. The highest BCUT2D eigenvalue weighted by Gasteiger charge is 2.37. The third-order valence-corrected chi connectivity index (χ3v) is 5.07. The minimum absolute atomic E-state index is 0.0298. The van der Waals surface area contributed by atoms with Crippen LogP contribution in [0.1, 0.15) is 30.1 Å². The van der Waals surface area contributed by atoms with Crippen LogP contribution in [0.25, 0.3) is 0 Å². The maximum atomic E-state index is 13.0. The number of benzene rings is 1. The van der Waals surface area contributed by atoms with Gasteiger partial charge in [-0.15, -0.1) is 0 Å². The highest BCUT2D eigenvalue weighted by atomic mass is 35.5. The number of fused-ring (bicyclic) bond motifs is 1. The van der Waals surface area contributed by atoms with Gasteiger partial charge in [-0.3, -0.25) is 9.69 Å². The minimum Gasteiger partial charge on any atom is -0.496 e. The monoisotopic (exact) mass is 323 g/mol. The molecule has 0 aliphatic carbocycles. The number of halogens is 1. The molecule has 1 aromatic carbocycles. The van der Waals surface area contributed by atoms with Gasteiger partial charge >= 0.3 is 0 Å². The fourth-order valence-corrected chi connectivity index (χ4v) is 3.69. The number of nitrogens with zero attached hydrogens (tertiary/aromatic N) is 2. The molecule has 1 aromatic rings.